The molecule has 0 atom stereocenters. The quantitative estimate of drug-likeness (QED) is 0.643. The van der Waals surface area contributed by atoms with Crippen molar-refractivity contribution in [1.82, 2.24) is 14.6 Å². The molecule has 88 valence electrons. The van der Waals surface area contributed by atoms with E-state index in [9.17, 15) is 4.79 Å². The third-order valence-electron chi connectivity index (χ3n) is 2.88. The first-order valence-corrected chi connectivity index (χ1v) is 5.65. The first-order chi connectivity index (χ1) is 8.78. The van der Waals surface area contributed by atoms with Crippen LogP contribution < -0.4 is 0 Å². The van der Waals surface area contributed by atoms with E-state index in [0.717, 1.165) is 23.1 Å². The standard InChI is InChI=1S/C14H11N3O/c1-10-7-13-15-14(11-5-3-2-4-6-11)16-17(13)8-12(10)9-18/h2-9H,1H3. The van der Waals surface area contributed by atoms with Crippen molar-refractivity contribution in [1.29, 1.82) is 0 Å². The smallest absolute Gasteiger partial charge is 0.182 e. The van der Waals surface area contributed by atoms with E-state index < -0.39 is 0 Å². The molecule has 3 rings (SSSR count). The molecule has 0 N–H and O–H groups in total. The Balaban J connectivity index is 2.20. The van der Waals surface area contributed by atoms with E-state index in [4.69, 9.17) is 0 Å². The van der Waals surface area contributed by atoms with Crippen LogP contribution in [0.3, 0.4) is 0 Å². The van der Waals surface area contributed by atoms with E-state index in [-0.39, 0.29) is 0 Å². The summed E-state index contributed by atoms with van der Waals surface area (Å²) in [6, 6.07) is 11.6. The molecule has 0 unspecified atom stereocenters. The summed E-state index contributed by atoms with van der Waals surface area (Å²) in [6.45, 7) is 1.89. The molecule has 0 fully saturated rings. The van der Waals surface area contributed by atoms with Crippen molar-refractivity contribution in [2.24, 2.45) is 0 Å². The van der Waals surface area contributed by atoms with Crippen molar-refractivity contribution in [3.05, 3.63) is 53.7 Å². The molecule has 0 saturated carbocycles. The van der Waals surface area contributed by atoms with Crippen molar-refractivity contribution >= 4 is 11.9 Å². The van der Waals surface area contributed by atoms with Crippen molar-refractivity contribution < 1.29 is 4.79 Å². The van der Waals surface area contributed by atoms with Crippen LogP contribution in [0.1, 0.15) is 15.9 Å². The van der Waals surface area contributed by atoms with Gasteiger partial charge in [-0.25, -0.2) is 9.50 Å². The largest absolute Gasteiger partial charge is 0.298 e. The zero-order valence-corrected chi connectivity index (χ0v) is 9.87. The van der Waals surface area contributed by atoms with Gasteiger partial charge in [-0.1, -0.05) is 30.3 Å². The van der Waals surface area contributed by atoms with E-state index >= 15 is 0 Å². The molecule has 0 aliphatic carbocycles. The molecular weight excluding hydrogens is 226 g/mol. The number of carbonyl (C=O) groups excluding carboxylic acids is 1. The number of aldehydes is 1. The van der Waals surface area contributed by atoms with Gasteiger partial charge in [0.15, 0.2) is 17.8 Å². The Bertz CT molecular complexity index is 716. The second kappa shape index (κ2) is 4.07. The lowest BCUT2D eigenvalue weighted by molar-refractivity contribution is 0.112. The van der Waals surface area contributed by atoms with Crippen molar-refractivity contribution in [2.45, 2.75) is 6.92 Å². The highest BCUT2D eigenvalue weighted by Crippen LogP contribution is 2.17. The minimum absolute atomic E-state index is 0.631. The third kappa shape index (κ3) is 1.68. The summed E-state index contributed by atoms with van der Waals surface area (Å²) >= 11 is 0. The van der Waals surface area contributed by atoms with Gasteiger partial charge in [0.2, 0.25) is 0 Å². The van der Waals surface area contributed by atoms with Gasteiger partial charge in [-0.2, -0.15) is 0 Å². The maximum absolute atomic E-state index is 10.9. The summed E-state index contributed by atoms with van der Waals surface area (Å²) in [4.78, 5) is 15.3. The highest BCUT2D eigenvalue weighted by Gasteiger charge is 2.07. The zero-order valence-electron chi connectivity index (χ0n) is 9.87. The average Bonchev–Trinajstić information content (AvgIpc) is 2.81. The van der Waals surface area contributed by atoms with Crippen LogP contribution >= 0.6 is 0 Å². The van der Waals surface area contributed by atoms with Gasteiger partial charge in [-0.05, 0) is 18.6 Å². The van der Waals surface area contributed by atoms with Gasteiger partial charge in [0, 0.05) is 17.3 Å². The SMILES string of the molecule is Cc1cc2nc(-c3ccccc3)nn2cc1C=O. The van der Waals surface area contributed by atoms with Crippen LogP contribution in [0.2, 0.25) is 0 Å². The first kappa shape index (κ1) is 10.7. The second-order valence-corrected chi connectivity index (χ2v) is 4.13. The Morgan fingerprint density at radius 3 is 2.72 bits per heavy atom. The molecule has 0 aliphatic rings. The fourth-order valence-electron chi connectivity index (χ4n) is 1.87. The number of nitrogens with zero attached hydrogens (tertiary/aromatic N) is 3. The number of aromatic nitrogens is 3. The Morgan fingerprint density at radius 1 is 1.22 bits per heavy atom. The summed E-state index contributed by atoms with van der Waals surface area (Å²) in [7, 11) is 0. The van der Waals surface area contributed by atoms with Gasteiger partial charge < -0.3 is 0 Å². The van der Waals surface area contributed by atoms with Gasteiger partial charge in [-0.3, -0.25) is 4.79 Å². The van der Waals surface area contributed by atoms with Crippen LogP contribution in [-0.4, -0.2) is 20.9 Å². The number of benzene rings is 1. The maximum Gasteiger partial charge on any atom is 0.182 e. The highest BCUT2D eigenvalue weighted by molar-refractivity contribution is 5.77. The summed E-state index contributed by atoms with van der Waals surface area (Å²) in [5.41, 5.74) is 3.25. The Morgan fingerprint density at radius 2 is 2.00 bits per heavy atom. The van der Waals surface area contributed by atoms with E-state index in [2.05, 4.69) is 10.1 Å². The molecule has 4 heteroatoms. The fourth-order valence-corrected chi connectivity index (χ4v) is 1.87. The van der Waals surface area contributed by atoms with Crippen molar-refractivity contribution in [3.8, 4) is 11.4 Å². The lowest BCUT2D eigenvalue weighted by Crippen LogP contribution is -1.94. The number of hydrogen-bond acceptors (Lipinski definition) is 3. The topological polar surface area (TPSA) is 47.3 Å². The summed E-state index contributed by atoms with van der Waals surface area (Å²) in [5, 5.41) is 4.38. The summed E-state index contributed by atoms with van der Waals surface area (Å²) < 4.78 is 1.64. The van der Waals surface area contributed by atoms with E-state index in [0.29, 0.717) is 11.4 Å². The van der Waals surface area contributed by atoms with E-state index in [1.165, 1.54) is 0 Å². The van der Waals surface area contributed by atoms with E-state index in [1.807, 2.05) is 43.3 Å². The van der Waals surface area contributed by atoms with Gasteiger partial charge in [0.25, 0.3) is 0 Å². The van der Waals surface area contributed by atoms with Crippen molar-refractivity contribution in [3.63, 3.8) is 0 Å². The molecule has 2 heterocycles. The Kier molecular flexibility index (Phi) is 2.41. The van der Waals surface area contributed by atoms with Gasteiger partial charge in [-0.15, -0.1) is 5.10 Å². The monoisotopic (exact) mass is 237 g/mol. The number of aryl methyl sites for hydroxylation is 1. The van der Waals surface area contributed by atoms with Crippen LogP contribution in [-0.2, 0) is 0 Å². The molecule has 18 heavy (non-hydrogen) atoms. The number of rotatable bonds is 2. The van der Waals surface area contributed by atoms with Crippen LogP contribution in [0.25, 0.3) is 17.0 Å². The molecule has 0 spiro atoms. The molecule has 0 amide bonds. The first-order valence-electron chi connectivity index (χ1n) is 5.65. The Labute approximate surface area is 104 Å². The normalized spacial score (nSPS) is 10.7. The molecule has 0 saturated heterocycles. The number of hydrogen-bond donors (Lipinski definition) is 0. The second-order valence-electron chi connectivity index (χ2n) is 4.13. The fraction of sp³-hybridized carbons (Fsp3) is 0.0714. The zero-order chi connectivity index (χ0) is 12.5. The third-order valence-corrected chi connectivity index (χ3v) is 2.88. The van der Waals surface area contributed by atoms with Crippen molar-refractivity contribution in [2.75, 3.05) is 0 Å². The molecule has 0 radical (unpaired) electrons. The molecular formula is C14H11N3O. The molecule has 1 aromatic carbocycles. The lowest BCUT2D eigenvalue weighted by atomic mass is 10.2. The summed E-state index contributed by atoms with van der Waals surface area (Å²) in [5.74, 6) is 0.665. The van der Waals surface area contributed by atoms with Crippen LogP contribution in [0, 0.1) is 6.92 Å². The molecule has 0 bridgehead atoms. The number of carbonyl (C=O) groups is 1. The molecule has 3 aromatic rings. The van der Waals surface area contributed by atoms with Gasteiger partial charge >= 0.3 is 0 Å². The molecule has 2 aromatic heterocycles. The Hall–Kier alpha value is -2.49. The highest BCUT2D eigenvalue weighted by atomic mass is 16.1. The average molecular weight is 237 g/mol. The van der Waals surface area contributed by atoms with Gasteiger partial charge in [0.05, 0.1) is 0 Å². The minimum atomic E-state index is 0.631. The molecule has 4 nitrogen and oxygen atoms in total. The predicted octanol–water partition coefficient (Wildman–Crippen LogP) is 2.52. The summed E-state index contributed by atoms with van der Waals surface area (Å²) in [6.07, 6.45) is 2.54. The van der Waals surface area contributed by atoms with E-state index in [1.54, 1.807) is 10.7 Å². The van der Waals surface area contributed by atoms with Gasteiger partial charge in [0.1, 0.15) is 0 Å². The van der Waals surface area contributed by atoms with Crippen LogP contribution in [0.15, 0.2) is 42.6 Å². The number of fused-ring (bicyclic) bond motifs is 1. The minimum Gasteiger partial charge on any atom is -0.298 e. The van der Waals surface area contributed by atoms with Crippen LogP contribution in [0.5, 0.6) is 0 Å². The maximum atomic E-state index is 10.9. The van der Waals surface area contributed by atoms with Crippen LogP contribution in [0.4, 0.5) is 0 Å². The lowest BCUT2D eigenvalue weighted by Gasteiger charge is -1.97. The predicted molar refractivity (Wildman–Crippen MR) is 68.5 cm³/mol. The number of pyridine rings is 1. The molecule has 0 aliphatic heterocycles.